The van der Waals surface area contributed by atoms with Crippen LogP contribution in [-0.2, 0) is 19.2 Å². The lowest BCUT2D eigenvalue weighted by atomic mass is 9.94. The van der Waals surface area contributed by atoms with Crippen LogP contribution in [-0.4, -0.2) is 58.1 Å². The number of fused-ring (bicyclic) bond motifs is 2. The lowest BCUT2D eigenvalue weighted by molar-refractivity contribution is -0.146. The standard InChI is InChI=1S/C24H29N3O4/c1-14-3-4-17(9-15(14)2)25-13-16(10-23(25)30)24(31)26-18-5-6-19(26)12-20(11-18)27-21(28)7-8-22(27)29/h3-4,9,16,18-20H,5-8,10-13H2,1-2H3. The van der Waals surface area contributed by atoms with Gasteiger partial charge in [-0.3, -0.25) is 24.1 Å². The molecule has 4 aliphatic heterocycles. The van der Waals surface area contributed by atoms with E-state index < -0.39 is 0 Å². The van der Waals surface area contributed by atoms with Crippen LogP contribution in [0.5, 0.6) is 0 Å². The number of benzene rings is 1. The Bertz CT molecular complexity index is 944. The largest absolute Gasteiger partial charge is 0.336 e. The third kappa shape index (κ3) is 3.34. The Balaban J connectivity index is 1.29. The van der Waals surface area contributed by atoms with Crippen molar-refractivity contribution in [1.29, 1.82) is 0 Å². The third-order valence-electron chi connectivity index (χ3n) is 7.69. The van der Waals surface area contributed by atoms with Gasteiger partial charge in [0.25, 0.3) is 0 Å². The van der Waals surface area contributed by atoms with Gasteiger partial charge in [-0.2, -0.15) is 0 Å². The highest BCUT2D eigenvalue weighted by atomic mass is 16.2. The maximum absolute atomic E-state index is 13.5. The van der Waals surface area contributed by atoms with Crippen molar-refractivity contribution in [3.63, 3.8) is 0 Å². The van der Waals surface area contributed by atoms with Gasteiger partial charge in [0.1, 0.15) is 0 Å². The zero-order valence-electron chi connectivity index (χ0n) is 18.2. The summed E-state index contributed by atoms with van der Waals surface area (Å²) < 4.78 is 0. The first kappa shape index (κ1) is 20.2. The van der Waals surface area contributed by atoms with E-state index in [4.69, 9.17) is 0 Å². The molecule has 3 atom stereocenters. The zero-order valence-corrected chi connectivity index (χ0v) is 18.2. The van der Waals surface area contributed by atoms with Crippen LogP contribution in [0.2, 0.25) is 0 Å². The molecule has 164 valence electrons. The third-order valence-corrected chi connectivity index (χ3v) is 7.69. The molecule has 4 fully saturated rings. The van der Waals surface area contributed by atoms with Gasteiger partial charge in [-0.15, -0.1) is 0 Å². The first-order valence-electron chi connectivity index (χ1n) is 11.4. The first-order chi connectivity index (χ1) is 14.8. The van der Waals surface area contributed by atoms with E-state index in [-0.39, 0.29) is 54.1 Å². The second-order valence-electron chi connectivity index (χ2n) is 9.59. The highest BCUT2D eigenvalue weighted by Crippen LogP contribution is 2.41. The van der Waals surface area contributed by atoms with Crippen molar-refractivity contribution in [2.45, 2.75) is 76.9 Å². The fourth-order valence-corrected chi connectivity index (χ4v) is 5.95. The van der Waals surface area contributed by atoms with Crippen molar-refractivity contribution < 1.29 is 19.2 Å². The Morgan fingerprint density at radius 1 is 0.871 bits per heavy atom. The van der Waals surface area contributed by atoms with Gasteiger partial charge in [-0.1, -0.05) is 6.07 Å². The van der Waals surface area contributed by atoms with E-state index in [9.17, 15) is 19.2 Å². The molecule has 2 bridgehead atoms. The van der Waals surface area contributed by atoms with E-state index in [0.29, 0.717) is 32.2 Å². The maximum Gasteiger partial charge on any atom is 0.229 e. The van der Waals surface area contributed by atoms with Crippen LogP contribution in [0.1, 0.15) is 56.1 Å². The minimum absolute atomic E-state index is 0.00269. The van der Waals surface area contributed by atoms with E-state index in [1.165, 1.54) is 10.5 Å². The molecule has 31 heavy (non-hydrogen) atoms. The van der Waals surface area contributed by atoms with Gasteiger partial charge >= 0.3 is 0 Å². The van der Waals surface area contributed by atoms with E-state index >= 15 is 0 Å². The highest BCUT2D eigenvalue weighted by Gasteiger charge is 2.50. The first-order valence-corrected chi connectivity index (χ1v) is 11.4. The summed E-state index contributed by atoms with van der Waals surface area (Å²) in [5.41, 5.74) is 3.17. The molecule has 4 saturated heterocycles. The van der Waals surface area contributed by atoms with E-state index in [0.717, 1.165) is 24.1 Å². The Labute approximate surface area is 182 Å². The predicted molar refractivity (Wildman–Crippen MR) is 114 cm³/mol. The molecule has 1 aromatic rings. The molecule has 4 heterocycles. The Morgan fingerprint density at radius 3 is 2.13 bits per heavy atom. The van der Waals surface area contributed by atoms with Crippen LogP contribution in [0.15, 0.2) is 18.2 Å². The monoisotopic (exact) mass is 423 g/mol. The summed E-state index contributed by atoms with van der Waals surface area (Å²) in [4.78, 5) is 55.7. The topological polar surface area (TPSA) is 78.0 Å². The summed E-state index contributed by atoms with van der Waals surface area (Å²) in [5, 5.41) is 0. The van der Waals surface area contributed by atoms with E-state index in [1.54, 1.807) is 4.90 Å². The highest BCUT2D eigenvalue weighted by molar-refractivity contribution is 6.02. The van der Waals surface area contributed by atoms with Crippen LogP contribution in [0, 0.1) is 19.8 Å². The minimum Gasteiger partial charge on any atom is -0.336 e. The van der Waals surface area contributed by atoms with Gasteiger partial charge in [0.05, 0.1) is 5.92 Å². The molecule has 0 aromatic heterocycles. The lowest BCUT2D eigenvalue weighted by Crippen LogP contribution is -2.55. The van der Waals surface area contributed by atoms with Crippen LogP contribution >= 0.6 is 0 Å². The van der Waals surface area contributed by atoms with Crippen LogP contribution < -0.4 is 4.90 Å². The van der Waals surface area contributed by atoms with Gasteiger partial charge in [0.15, 0.2) is 0 Å². The molecule has 5 rings (SSSR count). The van der Waals surface area contributed by atoms with E-state index in [1.807, 2.05) is 36.9 Å². The molecular formula is C24H29N3O4. The summed E-state index contributed by atoms with van der Waals surface area (Å²) >= 11 is 0. The predicted octanol–water partition coefficient (Wildman–Crippen LogP) is 2.33. The van der Waals surface area contributed by atoms with Crippen molar-refractivity contribution in [3.8, 4) is 0 Å². The summed E-state index contributed by atoms with van der Waals surface area (Å²) in [6.45, 7) is 4.49. The van der Waals surface area contributed by atoms with Gasteiger partial charge in [-0.05, 0) is 62.8 Å². The van der Waals surface area contributed by atoms with Crippen molar-refractivity contribution >= 4 is 29.3 Å². The quantitative estimate of drug-likeness (QED) is 0.699. The number of imide groups is 1. The second kappa shape index (κ2) is 7.46. The number of aryl methyl sites for hydroxylation is 2. The summed E-state index contributed by atoms with van der Waals surface area (Å²) in [6.07, 6.45) is 4.02. The molecule has 4 aliphatic rings. The van der Waals surface area contributed by atoms with Crippen LogP contribution in [0.4, 0.5) is 5.69 Å². The maximum atomic E-state index is 13.5. The number of carbonyl (C=O) groups is 4. The lowest BCUT2D eigenvalue weighted by Gasteiger charge is -2.42. The molecule has 0 saturated carbocycles. The molecule has 0 aliphatic carbocycles. The molecule has 0 radical (unpaired) electrons. The fourth-order valence-electron chi connectivity index (χ4n) is 5.95. The SMILES string of the molecule is Cc1ccc(N2CC(C(=O)N3C4CCC3CC(N3C(=O)CCC3=O)C4)CC2=O)cc1C. The van der Waals surface area contributed by atoms with Crippen molar-refractivity contribution in [2.75, 3.05) is 11.4 Å². The number of hydrogen-bond donors (Lipinski definition) is 0. The number of hydrogen-bond acceptors (Lipinski definition) is 4. The second-order valence-corrected chi connectivity index (χ2v) is 9.59. The average Bonchev–Trinajstić information content (AvgIpc) is 3.37. The van der Waals surface area contributed by atoms with E-state index in [2.05, 4.69) is 0 Å². The van der Waals surface area contributed by atoms with Crippen molar-refractivity contribution in [3.05, 3.63) is 29.3 Å². The summed E-state index contributed by atoms with van der Waals surface area (Å²) in [6, 6.07) is 6.01. The smallest absolute Gasteiger partial charge is 0.229 e. The molecule has 3 unspecified atom stereocenters. The Morgan fingerprint density at radius 2 is 1.52 bits per heavy atom. The van der Waals surface area contributed by atoms with Gasteiger partial charge in [0.2, 0.25) is 23.6 Å². The number of piperidine rings is 1. The molecular weight excluding hydrogens is 394 g/mol. The van der Waals surface area contributed by atoms with Gasteiger partial charge in [0, 0.05) is 49.6 Å². The van der Waals surface area contributed by atoms with Crippen LogP contribution in [0.3, 0.4) is 0 Å². The zero-order chi connectivity index (χ0) is 21.9. The number of amides is 4. The van der Waals surface area contributed by atoms with Crippen molar-refractivity contribution in [2.24, 2.45) is 5.92 Å². The molecule has 7 heteroatoms. The normalized spacial score (nSPS) is 30.6. The summed E-state index contributed by atoms with van der Waals surface area (Å²) in [7, 11) is 0. The minimum atomic E-state index is -0.330. The molecule has 0 spiro atoms. The molecule has 0 N–H and O–H groups in total. The molecule has 1 aromatic carbocycles. The number of rotatable bonds is 3. The van der Waals surface area contributed by atoms with Crippen LogP contribution in [0.25, 0.3) is 0 Å². The van der Waals surface area contributed by atoms with Crippen molar-refractivity contribution in [1.82, 2.24) is 9.80 Å². The fraction of sp³-hybridized carbons (Fsp3) is 0.583. The summed E-state index contributed by atoms with van der Waals surface area (Å²) in [5.74, 6) is -0.412. The Hall–Kier alpha value is -2.70. The average molecular weight is 424 g/mol. The molecule has 4 amide bonds. The van der Waals surface area contributed by atoms with Gasteiger partial charge in [-0.25, -0.2) is 0 Å². The number of nitrogens with zero attached hydrogens (tertiary/aromatic N) is 3. The van der Waals surface area contributed by atoms with Gasteiger partial charge < -0.3 is 9.80 Å². The number of carbonyl (C=O) groups excluding carboxylic acids is 4. The molecule has 7 nitrogen and oxygen atoms in total. The Kier molecular flexibility index (Phi) is 4.87. The number of likely N-dealkylation sites (tertiary alicyclic amines) is 1. The number of anilines is 1.